The van der Waals surface area contributed by atoms with E-state index >= 15 is 0 Å². The van der Waals surface area contributed by atoms with Crippen molar-refractivity contribution in [3.05, 3.63) is 70.3 Å². The standard InChI is InChI=1S/C27H30N4O3/c1-18-6-11-23-22(13-18)25-26(31(23)16-24(32)29-12-4-5-19(2)14-29)27(33)30(17-28-25)15-20-7-9-21(34-3)10-8-20/h6-11,13,17,19H,4-5,12,14-16H2,1-3H3/t19-/m1/s1. The third kappa shape index (κ3) is 4.06. The summed E-state index contributed by atoms with van der Waals surface area (Å²) in [5, 5.41) is 0.906. The molecular formula is C27H30N4O3. The van der Waals surface area contributed by atoms with Crippen LogP contribution in [0.3, 0.4) is 0 Å². The van der Waals surface area contributed by atoms with Gasteiger partial charge in [0.15, 0.2) is 0 Å². The molecule has 1 fully saturated rings. The molecule has 0 saturated carbocycles. The Morgan fingerprint density at radius 1 is 1.18 bits per heavy atom. The average Bonchev–Trinajstić information content (AvgIpc) is 3.14. The zero-order valence-corrected chi connectivity index (χ0v) is 20.0. The molecule has 1 saturated heterocycles. The van der Waals surface area contributed by atoms with E-state index in [1.807, 2.05) is 58.9 Å². The van der Waals surface area contributed by atoms with Crippen molar-refractivity contribution in [3.63, 3.8) is 0 Å². The zero-order chi connectivity index (χ0) is 23.8. The lowest BCUT2D eigenvalue weighted by Crippen LogP contribution is -2.41. The maximum Gasteiger partial charge on any atom is 0.278 e. The highest BCUT2D eigenvalue weighted by atomic mass is 16.5. The number of hydrogen-bond acceptors (Lipinski definition) is 4. The van der Waals surface area contributed by atoms with Crippen molar-refractivity contribution in [2.24, 2.45) is 5.92 Å². The van der Waals surface area contributed by atoms with Crippen molar-refractivity contribution in [1.29, 1.82) is 0 Å². The molecule has 1 aliphatic rings. The molecule has 0 spiro atoms. The molecule has 2 aromatic heterocycles. The highest BCUT2D eigenvalue weighted by molar-refractivity contribution is 6.06. The van der Waals surface area contributed by atoms with Gasteiger partial charge in [0.05, 0.1) is 25.5 Å². The molecule has 1 amide bonds. The van der Waals surface area contributed by atoms with Crippen LogP contribution in [0.2, 0.25) is 0 Å². The maximum absolute atomic E-state index is 13.7. The molecule has 0 N–H and O–H groups in total. The predicted octanol–water partition coefficient (Wildman–Crippen LogP) is 3.98. The minimum absolute atomic E-state index is 0.0517. The summed E-state index contributed by atoms with van der Waals surface area (Å²) in [7, 11) is 1.63. The SMILES string of the molecule is COc1ccc(Cn2cnc3c4cc(C)ccc4n(CC(=O)N4CCC[C@@H](C)C4)c3c2=O)cc1. The van der Waals surface area contributed by atoms with E-state index < -0.39 is 0 Å². The van der Waals surface area contributed by atoms with Crippen LogP contribution >= 0.6 is 0 Å². The van der Waals surface area contributed by atoms with Gasteiger partial charge in [-0.05, 0) is 55.5 Å². The van der Waals surface area contributed by atoms with Gasteiger partial charge >= 0.3 is 0 Å². The molecule has 34 heavy (non-hydrogen) atoms. The monoisotopic (exact) mass is 458 g/mol. The highest BCUT2D eigenvalue weighted by Gasteiger charge is 2.24. The number of hydrogen-bond donors (Lipinski definition) is 0. The number of rotatable bonds is 5. The lowest BCUT2D eigenvalue weighted by atomic mass is 10.0. The topological polar surface area (TPSA) is 69.4 Å². The van der Waals surface area contributed by atoms with Crippen LogP contribution in [0, 0.1) is 12.8 Å². The number of aromatic nitrogens is 3. The summed E-state index contributed by atoms with van der Waals surface area (Å²) in [5.41, 5.74) is 3.91. The molecule has 1 atom stereocenters. The van der Waals surface area contributed by atoms with Gasteiger partial charge in [0, 0.05) is 18.5 Å². The Hall–Kier alpha value is -3.61. The Balaban J connectivity index is 1.59. The first-order chi connectivity index (χ1) is 16.4. The summed E-state index contributed by atoms with van der Waals surface area (Å²) in [6.45, 7) is 6.29. The van der Waals surface area contributed by atoms with Gasteiger partial charge in [-0.15, -0.1) is 0 Å². The summed E-state index contributed by atoms with van der Waals surface area (Å²) >= 11 is 0. The summed E-state index contributed by atoms with van der Waals surface area (Å²) in [6.07, 6.45) is 3.78. The third-order valence-corrected chi connectivity index (χ3v) is 6.80. The number of nitrogens with zero attached hydrogens (tertiary/aromatic N) is 4. The van der Waals surface area contributed by atoms with Gasteiger partial charge in [-0.3, -0.25) is 14.2 Å². The van der Waals surface area contributed by atoms with Crippen LogP contribution in [0.15, 0.2) is 53.6 Å². The van der Waals surface area contributed by atoms with Crippen molar-refractivity contribution in [1.82, 2.24) is 19.0 Å². The van der Waals surface area contributed by atoms with Crippen molar-refractivity contribution < 1.29 is 9.53 Å². The number of carbonyl (C=O) groups excluding carboxylic acids is 1. The number of likely N-dealkylation sites (tertiary alicyclic amines) is 1. The Kier molecular flexibility index (Phi) is 5.86. The van der Waals surface area contributed by atoms with Crippen molar-refractivity contribution in [2.45, 2.75) is 39.8 Å². The number of ether oxygens (including phenoxy) is 1. The molecule has 7 heteroatoms. The van der Waals surface area contributed by atoms with E-state index in [0.29, 0.717) is 23.5 Å². The second-order valence-electron chi connectivity index (χ2n) is 9.42. The van der Waals surface area contributed by atoms with Crippen LogP contribution in [0.5, 0.6) is 5.75 Å². The zero-order valence-electron chi connectivity index (χ0n) is 20.0. The van der Waals surface area contributed by atoms with Gasteiger partial charge in [0.2, 0.25) is 5.91 Å². The maximum atomic E-state index is 13.7. The Morgan fingerprint density at radius 3 is 2.71 bits per heavy atom. The molecule has 5 rings (SSSR count). The molecule has 7 nitrogen and oxygen atoms in total. The van der Waals surface area contributed by atoms with E-state index in [4.69, 9.17) is 4.74 Å². The van der Waals surface area contributed by atoms with Gasteiger partial charge < -0.3 is 14.2 Å². The Morgan fingerprint density at radius 2 is 1.97 bits per heavy atom. The smallest absolute Gasteiger partial charge is 0.278 e. The van der Waals surface area contributed by atoms with Gasteiger partial charge in [0.25, 0.3) is 5.56 Å². The van der Waals surface area contributed by atoms with Crippen molar-refractivity contribution in [3.8, 4) is 5.75 Å². The number of piperidine rings is 1. The van der Waals surface area contributed by atoms with Gasteiger partial charge in [0.1, 0.15) is 23.3 Å². The van der Waals surface area contributed by atoms with Crippen LogP contribution in [-0.2, 0) is 17.9 Å². The van der Waals surface area contributed by atoms with E-state index in [9.17, 15) is 9.59 Å². The summed E-state index contributed by atoms with van der Waals surface area (Å²) in [5.74, 6) is 1.32. The second kappa shape index (κ2) is 8.97. The largest absolute Gasteiger partial charge is 0.497 e. The van der Waals surface area contributed by atoms with Crippen LogP contribution in [-0.4, -0.2) is 45.1 Å². The molecule has 3 heterocycles. The van der Waals surface area contributed by atoms with E-state index in [1.165, 1.54) is 0 Å². The summed E-state index contributed by atoms with van der Waals surface area (Å²) in [6, 6.07) is 13.7. The number of benzene rings is 2. The number of aryl methyl sites for hydroxylation is 1. The lowest BCUT2D eigenvalue weighted by Gasteiger charge is -2.31. The minimum Gasteiger partial charge on any atom is -0.497 e. The first-order valence-electron chi connectivity index (χ1n) is 11.8. The van der Waals surface area contributed by atoms with Crippen molar-refractivity contribution in [2.75, 3.05) is 20.2 Å². The van der Waals surface area contributed by atoms with Crippen molar-refractivity contribution >= 4 is 27.8 Å². The highest BCUT2D eigenvalue weighted by Crippen LogP contribution is 2.27. The molecule has 176 valence electrons. The third-order valence-electron chi connectivity index (χ3n) is 6.80. The Labute approximate surface area is 198 Å². The molecular weight excluding hydrogens is 428 g/mol. The van der Waals surface area contributed by atoms with E-state index in [1.54, 1.807) is 18.0 Å². The quantitative estimate of drug-likeness (QED) is 0.454. The van der Waals surface area contributed by atoms with Gasteiger partial charge in [-0.1, -0.05) is 30.7 Å². The molecule has 0 bridgehead atoms. The fraction of sp³-hybridized carbons (Fsp3) is 0.370. The molecule has 4 aromatic rings. The molecule has 1 aliphatic heterocycles. The van der Waals surface area contributed by atoms with Gasteiger partial charge in [-0.25, -0.2) is 4.98 Å². The number of carbonyl (C=O) groups is 1. The lowest BCUT2D eigenvalue weighted by molar-refractivity contribution is -0.133. The predicted molar refractivity (Wildman–Crippen MR) is 133 cm³/mol. The molecule has 0 radical (unpaired) electrons. The molecule has 0 aliphatic carbocycles. The number of methoxy groups -OCH3 is 1. The van der Waals surface area contributed by atoms with Crippen LogP contribution in [0.1, 0.15) is 30.9 Å². The van der Waals surface area contributed by atoms with Gasteiger partial charge in [-0.2, -0.15) is 0 Å². The number of amides is 1. The number of fused-ring (bicyclic) bond motifs is 3. The van der Waals surface area contributed by atoms with E-state index in [0.717, 1.165) is 53.7 Å². The van der Waals surface area contributed by atoms with Crippen LogP contribution < -0.4 is 10.3 Å². The van der Waals surface area contributed by atoms with Crippen LogP contribution in [0.25, 0.3) is 21.9 Å². The van der Waals surface area contributed by atoms with E-state index in [2.05, 4.69) is 11.9 Å². The first-order valence-corrected chi connectivity index (χ1v) is 11.8. The molecule has 0 unspecified atom stereocenters. The van der Waals surface area contributed by atoms with E-state index in [-0.39, 0.29) is 18.0 Å². The molecule has 2 aromatic carbocycles. The normalized spacial score (nSPS) is 16.3. The summed E-state index contributed by atoms with van der Waals surface area (Å²) < 4.78 is 8.71. The average molecular weight is 459 g/mol. The minimum atomic E-state index is -0.144. The fourth-order valence-electron chi connectivity index (χ4n) is 4.97. The Bertz CT molecular complexity index is 1420. The van der Waals surface area contributed by atoms with Crippen LogP contribution in [0.4, 0.5) is 0 Å². The first kappa shape index (κ1) is 22.2. The second-order valence-corrected chi connectivity index (χ2v) is 9.42. The fourth-order valence-corrected chi connectivity index (χ4v) is 4.97. The summed E-state index contributed by atoms with van der Waals surface area (Å²) in [4.78, 5) is 33.6.